The largest absolute Gasteiger partial charge is 0.481 e. The number of rotatable bonds is 5. The summed E-state index contributed by atoms with van der Waals surface area (Å²) in [6, 6.07) is 3.59. The van der Waals surface area contributed by atoms with Gasteiger partial charge in [0.05, 0.1) is 0 Å². The summed E-state index contributed by atoms with van der Waals surface area (Å²) in [7, 11) is 1.47. The third-order valence-electron chi connectivity index (χ3n) is 2.19. The van der Waals surface area contributed by atoms with Crippen LogP contribution in [0.2, 0.25) is 0 Å². The van der Waals surface area contributed by atoms with Gasteiger partial charge in [0.1, 0.15) is 0 Å². The Labute approximate surface area is 100 Å². The smallest absolute Gasteiger partial charge is 0.403 e. The van der Waals surface area contributed by atoms with Gasteiger partial charge in [0.25, 0.3) is 0 Å². The Kier molecular flexibility index (Phi) is 4.53. The van der Waals surface area contributed by atoms with Crippen molar-refractivity contribution >= 4 is 17.3 Å². The second kappa shape index (κ2) is 5.50. The zero-order valence-electron chi connectivity index (χ0n) is 9.07. The number of alkyl halides is 3. The van der Waals surface area contributed by atoms with Crippen LogP contribution in [0.1, 0.15) is 4.88 Å². The molecule has 0 radical (unpaired) electrons. The quantitative estimate of drug-likeness (QED) is 0.890. The summed E-state index contributed by atoms with van der Waals surface area (Å²) < 4.78 is 37.2. The van der Waals surface area contributed by atoms with Crippen LogP contribution in [0.25, 0.3) is 0 Å². The highest BCUT2D eigenvalue weighted by Gasteiger charge is 2.45. The Hall–Kier alpha value is -1.08. The second-order valence-electron chi connectivity index (χ2n) is 3.71. The zero-order valence-corrected chi connectivity index (χ0v) is 9.88. The molecule has 0 amide bonds. The van der Waals surface area contributed by atoms with E-state index < -0.39 is 24.6 Å². The number of halogens is 3. The van der Waals surface area contributed by atoms with Gasteiger partial charge >= 0.3 is 12.1 Å². The maximum atomic E-state index is 12.4. The number of hydrogen-bond acceptors (Lipinski definition) is 3. The van der Waals surface area contributed by atoms with E-state index in [4.69, 9.17) is 5.11 Å². The first-order chi connectivity index (χ1) is 7.80. The van der Waals surface area contributed by atoms with Crippen molar-refractivity contribution < 1.29 is 23.1 Å². The lowest BCUT2D eigenvalue weighted by atomic mass is 10.1. The predicted molar refractivity (Wildman–Crippen MR) is 57.8 cm³/mol. The standard InChI is InChI=1S/C10H12F3NO2S/c1-14(5-7-3-2-4-17-7)6-8(9(15)16)10(11,12)13/h2-4,8H,5-6H2,1H3,(H,15,16). The molecule has 0 saturated carbocycles. The van der Waals surface area contributed by atoms with E-state index in [1.54, 1.807) is 12.1 Å². The number of hydrogen-bond donors (Lipinski definition) is 1. The van der Waals surface area contributed by atoms with Gasteiger partial charge in [0.15, 0.2) is 5.92 Å². The molecule has 0 aromatic carbocycles. The van der Waals surface area contributed by atoms with Crippen LogP contribution in [0.5, 0.6) is 0 Å². The molecule has 1 unspecified atom stereocenters. The average molecular weight is 267 g/mol. The summed E-state index contributed by atoms with van der Waals surface area (Å²) in [6.07, 6.45) is -4.71. The van der Waals surface area contributed by atoms with Gasteiger partial charge < -0.3 is 10.0 Å². The van der Waals surface area contributed by atoms with Gasteiger partial charge in [-0.05, 0) is 18.5 Å². The summed E-state index contributed by atoms with van der Waals surface area (Å²) in [4.78, 5) is 12.8. The van der Waals surface area contributed by atoms with Crippen LogP contribution >= 0.6 is 11.3 Å². The minimum absolute atomic E-state index is 0.317. The van der Waals surface area contributed by atoms with Crippen LogP contribution < -0.4 is 0 Å². The molecule has 1 N–H and O–H groups in total. The number of thiophene rings is 1. The zero-order chi connectivity index (χ0) is 13.1. The normalized spacial score (nSPS) is 13.9. The van der Waals surface area contributed by atoms with Crippen LogP contribution in [0.3, 0.4) is 0 Å². The molecule has 3 nitrogen and oxygen atoms in total. The minimum atomic E-state index is -4.71. The molecule has 0 saturated heterocycles. The minimum Gasteiger partial charge on any atom is -0.481 e. The second-order valence-corrected chi connectivity index (χ2v) is 4.74. The van der Waals surface area contributed by atoms with E-state index >= 15 is 0 Å². The molecule has 7 heteroatoms. The van der Waals surface area contributed by atoms with Crippen molar-refractivity contribution in [1.29, 1.82) is 0 Å². The Morgan fingerprint density at radius 3 is 2.65 bits per heavy atom. The topological polar surface area (TPSA) is 40.5 Å². The first-order valence-corrected chi connectivity index (χ1v) is 5.69. The Morgan fingerprint density at radius 2 is 2.24 bits per heavy atom. The van der Waals surface area contributed by atoms with E-state index in [2.05, 4.69) is 0 Å². The molecule has 96 valence electrons. The molecule has 1 heterocycles. The van der Waals surface area contributed by atoms with E-state index in [1.807, 2.05) is 5.38 Å². The Bertz CT molecular complexity index is 364. The van der Waals surface area contributed by atoms with Gasteiger partial charge in [-0.15, -0.1) is 11.3 Å². The highest BCUT2D eigenvalue weighted by molar-refractivity contribution is 7.09. The number of carbonyl (C=O) groups is 1. The molecule has 0 aliphatic rings. The maximum Gasteiger partial charge on any atom is 0.403 e. The summed E-state index contributed by atoms with van der Waals surface area (Å²) in [6.45, 7) is -0.228. The molecule has 0 fully saturated rings. The van der Waals surface area contributed by atoms with Crippen LogP contribution in [-0.2, 0) is 11.3 Å². The van der Waals surface area contributed by atoms with Gasteiger partial charge in [-0.1, -0.05) is 6.07 Å². The lowest BCUT2D eigenvalue weighted by Crippen LogP contribution is -2.39. The number of carboxylic acid groups (broad SMARTS) is 1. The molecule has 0 aliphatic heterocycles. The van der Waals surface area contributed by atoms with Gasteiger partial charge in [-0.25, -0.2) is 0 Å². The van der Waals surface area contributed by atoms with Crippen molar-refractivity contribution in [3.63, 3.8) is 0 Å². The highest BCUT2D eigenvalue weighted by atomic mass is 32.1. The predicted octanol–water partition coefficient (Wildman–Crippen LogP) is 2.44. The molecule has 17 heavy (non-hydrogen) atoms. The van der Waals surface area contributed by atoms with Crippen molar-refractivity contribution in [3.8, 4) is 0 Å². The molecule has 1 atom stereocenters. The summed E-state index contributed by atoms with van der Waals surface area (Å²) in [5, 5.41) is 10.4. The number of carboxylic acids is 1. The van der Waals surface area contributed by atoms with Gasteiger partial charge in [0.2, 0.25) is 0 Å². The third-order valence-corrected chi connectivity index (χ3v) is 3.05. The molecule has 1 aromatic heterocycles. The van der Waals surface area contributed by atoms with Crippen molar-refractivity contribution in [3.05, 3.63) is 22.4 Å². The lowest BCUT2D eigenvalue weighted by Gasteiger charge is -2.22. The number of aliphatic carboxylic acids is 1. The third kappa shape index (κ3) is 4.35. The van der Waals surface area contributed by atoms with Crippen LogP contribution in [-0.4, -0.2) is 35.7 Å². The molecular formula is C10H12F3NO2S. The van der Waals surface area contributed by atoms with E-state index in [1.165, 1.54) is 23.3 Å². The lowest BCUT2D eigenvalue weighted by molar-refractivity contribution is -0.196. The van der Waals surface area contributed by atoms with Crippen LogP contribution in [0.4, 0.5) is 13.2 Å². The van der Waals surface area contributed by atoms with Crippen molar-refractivity contribution in [1.82, 2.24) is 4.90 Å². The van der Waals surface area contributed by atoms with Gasteiger partial charge in [-0.3, -0.25) is 4.79 Å². The molecule has 0 spiro atoms. The molecule has 1 aromatic rings. The fourth-order valence-corrected chi connectivity index (χ4v) is 2.15. The first-order valence-electron chi connectivity index (χ1n) is 4.81. The van der Waals surface area contributed by atoms with E-state index in [-0.39, 0.29) is 0 Å². The van der Waals surface area contributed by atoms with Crippen LogP contribution in [0, 0.1) is 5.92 Å². The molecule has 0 aliphatic carbocycles. The van der Waals surface area contributed by atoms with Crippen molar-refractivity contribution in [2.45, 2.75) is 12.7 Å². The van der Waals surface area contributed by atoms with E-state index in [0.717, 1.165) is 4.88 Å². The molecule has 1 rings (SSSR count). The van der Waals surface area contributed by atoms with Crippen molar-refractivity contribution in [2.24, 2.45) is 5.92 Å². The Balaban J connectivity index is 2.59. The van der Waals surface area contributed by atoms with Gasteiger partial charge in [-0.2, -0.15) is 13.2 Å². The summed E-state index contributed by atoms with van der Waals surface area (Å²) in [5.74, 6) is -4.18. The fraction of sp³-hybridized carbons (Fsp3) is 0.500. The van der Waals surface area contributed by atoms with Gasteiger partial charge in [0, 0.05) is 18.0 Å². The maximum absolute atomic E-state index is 12.4. The van der Waals surface area contributed by atoms with Crippen molar-refractivity contribution in [2.75, 3.05) is 13.6 Å². The molecule has 0 bridgehead atoms. The highest BCUT2D eigenvalue weighted by Crippen LogP contribution is 2.27. The fourth-order valence-electron chi connectivity index (χ4n) is 1.37. The average Bonchev–Trinajstić information content (AvgIpc) is 2.64. The number of nitrogens with zero attached hydrogens (tertiary/aromatic N) is 1. The van der Waals surface area contributed by atoms with Crippen LogP contribution in [0.15, 0.2) is 17.5 Å². The van der Waals surface area contributed by atoms with E-state index in [0.29, 0.717) is 6.54 Å². The van der Waals surface area contributed by atoms with E-state index in [9.17, 15) is 18.0 Å². The SMILES string of the molecule is CN(Cc1cccs1)CC(C(=O)O)C(F)(F)F. The first kappa shape index (κ1) is 14.0. The monoisotopic (exact) mass is 267 g/mol. The summed E-state index contributed by atoms with van der Waals surface area (Å²) >= 11 is 1.42. The molecular weight excluding hydrogens is 255 g/mol. The Morgan fingerprint density at radius 1 is 1.59 bits per heavy atom. The summed E-state index contributed by atoms with van der Waals surface area (Å²) in [5.41, 5.74) is 0.